The number of fused-ring (bicyclic) bond motifs is 1. The zero-order chi connectivity index (χ0) is 25.1. The van der Waals surface area contributed by atoms with Gasteiger partial charge in [-0.25, -0.2) is 4.98 Å². The van der Waals surface area contributed by atoms with Gasteiger partial charge >= 0.3 is 0 Å². The molecule has 2 amide bonds. The molecule has 186 valence electrons. The maximum absolute atomic E-state index is 13.0. The molecule has 0 radical (unpaired) electrons. The summed E-state index contributed by atoms with van der Waals surface area (Å²) in [6, 6.07) is 15.4. The molecule has 3 aromatic rings. The molecule has 6 N–H and O–H groups in total. The van der Waals surface area contributed by atoms with Gasteiger partial charge in [-0.3, -0.25) is 9.59 Å². The summed E-state index contributed by atoms with van der Waals surface area (Å²) in [6.07, 6.45) is 6.36. The number of rotatable bonds is 6. The van der Waals surface area contributed by atoms with Crippen molar-refractivity contribution in [2.24, 2.45) is 11.5 Å². The molecule has 2 atom stereocenters. The lowest BCUT2D eigenvalue weighted by Gasteiger charge is -2.30. The first kappa shape index (κ1) is 23.7. The molecule has 2 aliphatic rings. The molecule has 0 unspecified atom stereocenters. The predicted molar refractivity (Wildman–Crippen MR) is 139 cm³/mol. The maximum atomic E-state index is 13.0. The fourth-order valence-corrected chi connectivity index (χ4v) is 4.94. The topological polar surface area (TPSA) is 139 Å². The van der Waals surface area contributed by atoms with Crippen LogP contribution in [0.15, 0.2) is 54.7 Å². The van der Waals surface area contributed by atoms with Crippen molar-refractivity contribution in [3.8, 4) is 0 Å². The summed E-state index contributed by atoms with van der Waals surface area (Å²) in [4.78, 5) is 35.7. The summed E-state index contributed by atoms with van der Waals surface area (Å²) in [5.41, 5.74) is 15.8. The molecule has 0 bridgehead atoms. The van der Waals surface area contributed by atoms with Gasteiger partial charge in [-0.15, -0.1) is 0 Å². The van der Waals surface area contributed by atoms with Crippen molar-refractivity contribution in [1.29, 1.82) is 0 Å². The van der Waals surface area contributed by atoms with Crippen LogP contribution >= 0.6 is 0 Å². The molecule has 0 saturated heterocycles. The summed E-state index contributed by atoms with van der Waals surface area (Å²) < 4.78 is 0. The maximum Gasteiger partial charge on any atom is 0.254 e. The number of anilines is 3. The van der Waals surface area contributed by atoms with Crippen LogP contribution in [-0.4, -0.2) is 45.3 Å². The zero-order valence-electron chi connectivity index (χ0n) is 20.1. The highest BCUT2D eigenvalue weighted by molar-refractivity contribution is 5.98. The van der Waals surface area contributed by atoms with Crippen molar-refractivity contribution < 1.29 is 9.59 Å². The predicted octanol–water partition coefficient (Wildman–Crippen LogP) is 3.20. The number of carbonyl (C=O) groups is 2. The molecular weight excluding hydrogens is 454 g/mol. The molecule has 1 aliphatic heterocycles. The number of hydrogen-bond donors (Lipinski definition) is 4. The Labute approximate surface area is 210 Å². The van der Waals surface area contributed by atoms with E-state index in [0.717, 1.165) is 43.4 Å². The van der Waals surface area contributed by atoms with E-state index < -0.39 is 5.91 Å². The number of nitrogens with one attached hydrogen (secondary N) is 2. The van der Waals surface area contributed by atoms with Crippen LogP contribution in [-0.2, 0) is 13.0 Å². The third-order valence-corrected chi connectivity index (χ3v) is 6.98. The minimum atomic E-state index is -0.615. The highest BCUT2D eigenvalue weighted by atomic mass is 16.2. The highest BCUT2D eigenvalue weighted by Crippen LogP contribution is 2.27. The lowest BCUT2D eigenvalue weighted by Crippen LogP contribution is -2.43. The number of primary amides is 1. The van der Waals surface area contributed by atoms with Gasteiger partial charge in [0.2, 0.25) is 5.95 Å². The quantitative estimate of drug-likeness (QED) is 0.420. The first-order valence-corrected chi connectivity index (χ1v) is 12.4. The monoisotopic (exact) mass is 485 g/mol. The molecule has 1 aromatic heterocycles. The zero-order valence-corrected chi connectivity index (χ0v) is 20.1. The first-order valence-electron chi connectivity index (χ1n) is 12.4. The van der Waals surface area contributed by atoms with E-state index in [9.17, 15) is 9.59 Å². The van der Waals surface area contributed by atoms with E-state index in [1.54, 1.807) is 0 Å². The molecule has 0 spiro atoms. The second kappa shape index (κ2) is 10.3. The van der Waals surface area contributed by atoms with Gasteiger partial charge < -0.3 is 27.0 Å². The Morgan fingerprint density at radius 3 is 2.61 bits per heavy atom. The summed E-state index contributed by atoms with van der Waals surface area (Å²) in [7, 11) is 0. The van der Waals surface area contributed by atoms with Crippen LogP contribution in [0.4, 0.5) is 17.5 Å². The van der Waals surface area contributed by atoms with Crippen LogP contribution in [0, 0.1) is 0 Å². The van der Waals surface area contributed by atoms with Crippen LogP contribution in [0.2, 0.25) is 0 Å². The van der Waals surface area contributed by atoms with E-state index in [-0.39, 0.29) is 23.6 Å². The molecule has 9 heteroatoms. The van der Waals surface area contributed by atoms with Gasteiger partial charge in [-0.2, -0.15) is 4.98 Å². The molecule has 5 rings (SSSR count). The number of nitrogens with two attached hydrogens (primary N) is 2. The number of amides is 2. The van der Waals surface area contributed by atoms with Gasteiger partial charge in [-0.05, 0) is 54.7 Å². The van der Waals surface area contributed by atoms with Gasteiger partial charge in [0.1, 0.15) is 11.4 Å². The lowest BCUT2D eigenvalue weighted by atomic mass is 9.91. The summed E-state index contributed by atoms with van der Waals surface area (Å²) in [5.74, 6) is 0.138. The van der Waals surface area contributed by atoms with Crippen LogP contribution in [0.25, 0.3) is 0 Å². The molecule has 1 aliphatic carbocycles. The molecular formula is C27H31N7O2. The smallest absolute Gasteiger partial charge is 0.254 e. The molecule has 2 aromatic carbocycles. The van der Waals surface area contributed by atoms with Gasteiger partial charge in [0.25, 0.3) is 11.8 Å². The fourth-order valence-electron chi connectivity index (χ4n) is 4.94. The van der Waals surface area contributed by atoms with E-state index in [2.05, 4.69) is 20.6 Å². The van der Waals surface area contributed by atoms with Gasteiger partial charge in [0.15, 0.2) is 0 Å². The van der Waals surface area contributed by atoms with Crippen LogP contribution in [0.3, 0.4) is 0 Å². The minimum Gasteiger partial charge on any atom is -0.365 e. The Morgan fingerprint density at radius 1 is 1.03 bits per heavy atom. The van der Waals surface area contributed by atoms with E-state index >= 15 is 0 Å². The Hall–Kier alpha value is -3.98. The lowest BCUT2D eigenvalue weighted by molar-refractivity contribution is 0.0734. The van der Waals surface area contributed by atoms with E-state index in [4.69, 9.17) is 11.5 Å². The second-order valence-corrected chi connectivity index (χ2v) is 9.47. The van der Waals surface area contributed by atoms with Crippen molar-refractivity contribution in [3.05, 3.63) is 77.0 Å². The third kappa shape index (κ3) is 5.16. The number of carbonyl (C=O) groups excluding carboxylic acids is 2. The number of nitrogens with zero attached hydrogens (tertiary/aromatic N) is 3. The van der Waals surface area contributed by atoms with Crippen molar-refractivity contribution in [2.45, 2.75) is 50.7 Å². The van der Waals surface area contributed by atoms with Crippen molar-refractivity contribution >= 4 is 29.3 Å². The average molecular weight is 486 g/mol. The number of benzene rings is 2. The average Bonchev–Trinajstić information content (AvgIpc) is 2.89. The van der Waals surface area contributed by atoms with E-state index in [1.807, 2.05) is 53.4 Å². The number of hydrogen-bond acceptors (Lipinski definition) is 7. The highest BCUT2D eigenvalue weighted by Gasteiger charge is 2.24. The van der Waals surface area contributed by atoms with Gasteiger partial charge in [-0.1, -0.05) is 37.1 Å². The van der Waals surface area contributed by atoms with Gasteiger partial charge in [0.05, 0.1) is 0 Å². The van der Waals surface area contributed by atoms with E-state index in [0.29, 0.717) is 30.4 Å². The largest absolute Gasteiger partial charge is 0.365 e. The van der Waals surface area contributed by atoms with Crippen molar-refractivity contribution in [3.63, 3.8) is 0 Å². The Balaban J connectivity index is 1.36. The normalized spacial score (nSPS) is 19.3. The molecule has 2 heterocycles. The third-order valence-electron chi connectivity index (χ3n) is 6.98. The van der Waals surface area contributed by atoms with Gasteiger partial charge in [0, 0.05) is 42.6 Å². The summed E-state index contributed by atoms with van der Waals surface area (Å²) in [6.45, 7) is 1.18. The fraction of sp³-hybridized carbons (Fsp3) is 0.333. The second-order valence-electron chi connectivity index (χ2n) is 9.47. The van der Waals surface area contributed by atoms with Crippen LogP contribution in [0.1, 0.15) is 57.5 Å². The number of aromatic nitrogens is 2. The molecule has 9 nitrogen and oxygen atoms in total. The van der Waals surface area contributed by atoms with Crippen molar-refractivity contribution in [1.82, 2.24) is 14.9 Å². The summed E-state index contributed by atoms with van der Waals surface area (Å²) in [5, 5.41) is 6.57. The van der Waals surface area contributed by atoms with Crippen molar-refractivity contribution in [2.75, 3.05) is 17.2 Å². The standard InChI is InChI=1S/C27H31N7O2/c28-22-8-4-5-9-23(22)32-27-30-15-21(24(29)35)25(33-27)31-20-11-10-17-12-13-34(16-19(17)14-20)26(36)18-6-2-1-3-7-18/h1-3,6-7,10-11,14-15,22-23H,4-5,8-9,12-13,16,28H2,(H2,29,35)(H2,30,31,32,33)/t22-,23+/m0/s1. The Morgan fingerprint density at radius 2 is 1.83 bits per heavy atom. The summed E-state index contributed by atoms with van der Waals surface area (Å²) >= 11 is 0. The Kier molecular flexibility index (Phi) is 6.81. The van der Waals surface area contributed by atoms with Crippen LogP contribution in [0.5, 0.6) is 0 Å². The van der Waals surface area contributed by atoms with E-state index in [1.165, 1.54) is 11.8 Å². The minimum absolute atomic E-state index is 0.0167. The van der Waals surface area contributed by atoms with Crippen LogP contribution < -0.4 is 22.1 Å². The first-order chi connectivity index (χ1) is 17.5. The Bertz CT molecular complexity index is 1260. The SMILES string of the molecule is NC(=O)c1cnc(N[C@@H]2CCCC[C@@H]2N)nc1Nc1ccc2c(c1)CN(C(=O)c1ccccc1)CC2. The molecule has 36 heavy (non-hydrogen) atoms. The molecule has 1 saturated carbocycles. The molecule has 1 fully saturated rings.